The third-order valence-corrected chi connectivity index (χ3v) is 5.02. The molecule has 6 heteroatoms. The van der Waals surface area contributed by atoms with Gasteiger partial charge in [-0.1, -0.05) is 36.4 Å². The molecular weight excluding hydrogens is 348 g/mol. The van der Waals surface area contributed by atoms with Gasteiger partial charge in [0.25, 0.3) is 0 Å². The number of nitrogens with zero attached hydrogens (tertiary/aromatic N) is 2. The molecule has 0 aliphatic heterocycles. The van der Waals surface area contributed by atoms with Crippen molar-refractivity contribution in [3.8, 4) is 16.9 Å². The number of rotatable bonds is 6. The van der Waals surface area contributed by atoms with Crippen LogP contribution in [0.2, 0.25) is 0 Å². The Morgan fingerprint density at radius 3 is 2.38 bits per heavy atom. The van der Waals surface area contributed by atoms with Gasteiger partial charge in [0.15, 0.2) is 9.84 Å². The van der Waals surface area contributed by atoms with Crippen LogP contribution in [0.3, 0.4) is 0 Å². The third-order valence-electron chi connectivity index (χ3n) is 3.89. The minimum atomic E-state index is -3.23. The van der Waals surface area contributed by atoms with Crippen molar-refractivity contribution in [2.45, 2.75) is 11.3 Å². The molecule has 0 spiro atoms. The van der Waals surface area contributed by atoms with E-state index in [-0.39, 0.29) is 11.5 Å². The van der Waals surface area contributed by atoms with Gasteiger partial charge in [-0.15, -0.1) is 0 Å². The molecule has 0 amide bonds. The van der Waals surface area contributed by atoms with Gasteiger partial charge in [-0.2, -0.15) is 5.10 Å². The van der Waals surface area contributed by atoms with Gasteiger partial charge < -0.3 is 5.11 Å². The number of sulfone groups is 1. The Morgan fingerprint density at radius 1 is 1.08 bits per heavy atom. The highest BCUT2D eigenvalue weighted by Gasteiger charge is 2.12. The summed E-state index contributed by atoms with van der Waals surface area (Å²) in [6.45, 7) is 0.0930. The van der Waals surface area contributed by atoms with Crippen molar-refractivity contribution in [1.29, 1.82) is 0 Å². The first-order valence-electron chi connectivity index (χ1n) is 8.22. The predicted octanol–water partition coefficient (Wildman–Crippen LogP) is 3.34. The van der Waals surface area contributed by atoms with E-state index >= 15 is 0 Å². The fourth-order valence-corrected chi connectivity index (χ4v) is 3.23. The number of hydrogen-bond donors (Lipinski definition) is 1. The average Bonchev–Trinajstić information content (AvgIpc) is 3.06. The number of hydrogen-bond acceptors (Lipinski definition) is 4. The first kappa shape index (κ1) is 18.1. The summed E-state index contributed by atoms with van der Waals surface area (Å²) in [6.07, 6.45) is 5.50. The summed E-state index contributed by atoms with van der Waals surface area (Å²) in [5.74, 6) is 0. The summed E-state index contributed by atoms with van der Waals surface area (Å²) in [5, 5.41) is 13.6. The summed E-state index contributed by atoms with van der Waals surface area (Å²) in [6, 6.07) is 18.5. The average molecular weight is 368 g/mol. The van der Waals surface area contributed by atoms with Crippen LogP contribution < -0.4 is 0 Å². The summed E-state index contributed by atoms with van der Waals surface area (Å²) < 4.78 is 25.2. The highest BCUT2D eigenvalue weighted by atomic mass is 32.2. The molecule has 0 aliphatic rings. The van der Waals surface area contributed by atoms with Gasteiger partial charge in [0, 0.05) is 18.4 Å². The Balaban J connectivity index is 2.07. The second-order valence-electron chi connectivity index (χ2n) is 5.91. The second kappa shape index (κ2) is 7.68. The van der Waals surface area contributed by atoms with E-state index in [4.69, 9.17) is 5.11 Å². The molecule has 3 aromatic rings. The lowest BCUT2D eigenvalue weighted by molar-refractivity contribution is 0.303. The van der Waals surface area contributed by atoms with Crippen molar-refractivity contribution in [1.82, 2.24) is 9.78 Å². The highest BCUT2D eigenvalue weighted by molar-refractivity contribution is 7.90. The first-order chi connectivity index (χ1) is 12.5. The molecule has 1 N–H and O–H groups in total. The van der Waals surface area contributed by atoms with Crippen molar-refractivity contribution in [3.63, 3.8) is 0 Å². The Bertz CT molecular complexity index is 1000. The highest BCUT2D eigenvalue weighted by Crippen LogP contribution is 2.26. The number of aromatic nitrogens is 2. The molecule has 0 saturated heterocycles. The van der Waals surface area contributed by atoms with E-state index in [1.807, 2.05) is 53.2 Å². The molecule has 1 aromatic heterocycles. The minimum absolute atomic E-state index is 0.0930. The zero-order chi connectivity index (χ0) is 18.6. The molecular formula is C20H20N2O3S. The maximum Gasteiger partial charge on any atom is 0.175 e. The van der Waals surface area contributed by atoms with Crippen LogP contribution >= 0.6 is 0 Å². The quantitative estimate of drug-likeness (QED) is 0.724. The standard InChI is InChI=1S/C20H20N2O3S/c1-26(24,25)19-12-10-16(11-13-19)20-15-17(7-5-6-14-23)21-22(20)18-8-3-2-4-9-18/h2-5,7-13,15,23H,6,14H2,1H3/b7-5-. The SMILES string of the molecule is CS(=O)(=O)c1ccc(-c2cc(/C=C\CCO)nn2-c2ccccc2)cc1. The van der Waals surface area contributed by atoms with Gasteiger partial charge in [0.2, 0.25) is 0 Å². The maximum absolute atomic E-state index is 11.7. The van der Waals surface area contributed by atoms with Crippen LogP contribution in [-0.4, -0.2) is 36.2 Å². The van der Waals surface area contributed by atoms with Crippen molar-refractivity contribution < 1.29 is 13.5 Å². The molecule has 3 rings (SSSR count). The molecule has 5 nitrogen and oxygen atoms in total. The summed E-state index contributed by atoms with van der Waals surface area (Å²) >= 11 is 0. The Morgan fingerprint density at radius 2 is 1.77 bits per heavy atom. The molecule has 0 unspecified atom stereocenters. The lowest BCUT2D eigenvalue weighted by Crippen LogP contribution is -2.00. The van der Waals surface area contributed by atoms with Gasteiger partial charge in [-0.25, -0.2) is 13.1 Å². The fourth-order valence-electron chi connectivity index (χ4n) is 2.60. The number of para-hydroxylation sites is 1. The molecule has 134 valence electrons. The van der Waals surface area contributed by atoms with E-state index in [0.29, 0.717) is 6.42 Å². The molecule has 0 aliphatic carbocycles. The van der Waals surface area contributed by atoms with E-state index in [1.54, 1.807) is 24.3 Å². The zero-order valence-corrected chi connectivity index (χ0v) is 15.2. The fraction of sp³-hybridized carbons (Fsp3) is 0.150. The first-order valence-corrected chi connectivity index (χ1v) is 10.1. The Hall–Kier alpha value is -2.70. The molecule has 1 heterocycles. The summed E-state index contributed by atoms with van der Waals surface area (Å²) in [5.41, 5.74) is 3.41. The molecule has 26 heavy (non-hydrogen) atoms. The Labute approximate surface area is 153 Å². The topological polar surface area (TPSA) is 72.2 Å². The normalized spacial score (nSPS) is 11.9. The van der Waals surface area contributed by atoms with E-state index in [1.165, 1.54) is 6.26 Å². The van der Waals surface area contributed by atoms with E-state index < -0.39 is 9.84 Å². The third kappa shape index (κ3) is 4.09. The summed E-state index contributed by atoms with van der Waals surface area (Å²) in [4.78, 5) is 0.287. The predicted molar refractivity (Wildman–Crippen MR) is 103 cm³/mol. The van der Waals surface area contributed by atoms with Crippen LogP contribution in [0.25, 0.3) is 23.0 Å². The van der Waals surface area contributed by atoms with E-state index in [2.05, 4.69) is 5.10 Å². The van der Waals surface area contributed by atoms with Crippen LogP contribution in [0.4, 0.5) is 0 Å². The van der Waals surface area contributed by atoms with Gasteiger partial charge >= 0.3 is 0 Å². The number of benzene rings is 2. The van der Waals surface area contributed by atoms with Crippen LogP contribution in [0.1, 0.15) is 12.1 Å². The molecule has 0 bridgehead atoms. The lowest BCUT2D eigenvalue weighted by atomic mass is 10.1. The molecule has 0 saturated carbocycles. The van der Waals surface area contributed by atoms with Crippen molar-refractivity contribution in [2.24, 2.45) is 0 Å². The van der Waals surface area contributed by atoms with Crippen LogP contribution in [0.5, 0.6) is 0 Å². The second-order valence-corrected chi connectivity index (χ2v) is 7.93. The molecule has 0 fully saturated rings. The van der Waals surface area contributed by atoms with Crippen LogP contribution in [-0.2, 0) is 9.84 Å². The van der Waals surface area contributed by atoms with E-state index in [9.17, 15) is 8.42 Å². The lowest BCUT2D eigenvalue weighted by Gasteiger charge is -2.08. The smallest absolute Gasteiger partial charge is 0.175 e. The van der Waals surface area contributed by atoms with Gasteiger partial charge in [0.1, 0.15) is 0 Å². The monoisotopic (exact) mass is 368 g/mol. The number of aliphatic hydroxyl groups excluding tert-OH is 1. The van der Waals surface area contributed by atoms with Crippen molar-refractivity contribution >= 4 is 15.9 Å². The van der Waals surface area contributed by atoms with Gasteiger partial charge in [0.05, 0.1) is 22.0 Å². The summed E-state index contributed by atoms with van der Waals surface area (Å²) in [7, 11) is -3.23. The molecule has 0 atom stereocenters. The maximum atomic E-state index is 11.7. The zero-order valence-electron chi connectivity index (χ0n) is 14.4. The van der Waals surface area contributed by atoms with Crippen LogP contribution in [0, 0.1) is 0 Å². The van der Waals surface area contributed by atoms with E-state index in [0.717, 1.165) is 22.6 Å². The van der Waals surface area contributed by atoms with Crippen LogP contribution in [0.15, 0.2) is 71.6 Å². The Kier molecular flexibility index (Phi) is 5.35. The van der Waals surface area contributed by atoms with Gasteiger partial charge in [-0.3, -0.25) is 0 Å². The van der Waals surface area contributed by atoms with Crippen molar-refractivity contribution in [2.75, 3.05) is 12.9 Å². The van der Waals surface area contributed by atoms with Gasteiger partial charge in [-0.05, 0) is 42.8 Å². The van der Waals surface area contributed by atoms with Crippen molar-refractivity contribution in [3.05, 3.63) is 72.4 Å². The largest absolute Gasteiger partial charge is 0.396 e. The molecule has 2 aromatic carbocycles. The molecule has 0 radical (unpaired) electrons. The number of aliphatic hydroxyl groups is 1. The minimum Gasteiger partial charge on any atom is -0.396 e.